The first-order valence-electron chi connectivity index (χ1n) is 5.26. The third-order valence-corrected chi connectivity index (χ3v) is 2.48. The normalized spacial score (nSPS) is 19.9. The molecule has 0 bridgehead atoms. The minimum absolute atomic E-state index is 0.00566. The van der Waals surface area contributed by atoms with Gasteiger partial charge in [-0.1, -0.05) is 6.58 Å². The zero-order valence-electron chi connectivity index (χ0n) is 9.50. The largest absolute Gasteiger partial charge is 0.492 e. The van der Waals surface area contributed by atoms with Crippen LogP contribution in [-0.2, 0) is 4.74 Å². The van der Waals surface area contributed by atoms with E-state index in [0.29, 0.717) is 24.7 Å². The molecule has 1 atom stereocenters. The van der Waals surface area contributed by atoms with Crippen LogP contribution >= 0.6 is 0 Å². The molecule has 0 radical (unpaired) electrons. The highest BCUT2D eigenvalue weighted by Crippen LogP contribution is 2.20. The molecule has 2 heterocycles. The first-order chi connectivity index (χ1) is 8.06. The van der Waals surface area contributed by atoms with E-state index in [4.69, 9.17) is 4.74 Å². The van der Waals surface area contributed by atoms with E-state index in [1.807, 2.05) is 11.8 Å². The first kappa shape index (κ1) is 11.4. The van der Waals surface area contributed by atoms with Gasteiger partial charge in [-0.05, 0) is 13.0 Å². The number of nitro groups is 1. The smallest absolute Gasteiger partial charge is 0.287 e. The number of hydrogen-bond donors (Lipinski definition) is 0. The fourth-order valence-electron chi connectivity index (χ4n) is 1.79. The van der Waals surface area contributed by atoms with Gasteiger partial charge in [0.15, 0.2) is 0 Å². The number of nitrogens with zero attached hydrogens (tertiary/aromatic N) is 3. The van der Waals surface area contributed by atoms with Crippen LogP contribution in [0.25, 0.3) is 0 Å². The molecule has 0 spiro atoms. The third-order valence-electron chi connectivity index (χ3n) is 2.48. The lowest BCUT2D eigenvalue weighted by molar-refractivity contribution is -0.385. The van der Waals surface area contributed by atoms with Gasteiger partial charge in [0.05, 0.1) is 18.0 Å². The molecule has 0 unspecified atom stereocenters. The Morgan fingerprint density at radius 2 is 2.41 bits per heavy atom. The highest BCUT2D eigenvalue weighted by atomic mass is 16.6. The van der Waals surface area contributed by atoms with Crippen molar-refractivity contribution in [1.82, 2.24) is 4.98 Å². The fourth-order valence-corrected chi connectivity index (χ4v) is 1.79. The van der Waals surface area contributed by atoms with E-state index in [1.165, 1.54) is 12.3 Å². The van der Waals surface area contributed by atoms with Crippen molar-refractivity contribution < 1.29 is 9.66 Å². The Kier molecular flexibility index (Phi) is 2.95. The van der Waals surface area contributed by atoms with Crippen molar-refractivity contribution in [2.45, 2.75) is 13.0 Å². The molecular weight excluding hydrogens is 222 g/mol. The molecule has 2 rings (SSSR count). The van der Waals surface area contributed by atoms with E-state index in [2.05, 4.69) is 11.6 Å². The average molecular weight is 235 g/mol. The van der Waals surface area contributed by atoms with Crippen LogP contribution in [0.3, 0.4) is 0 Å². The Labute approximate surface area is 98.7 Å². The van der Waals surface area contributed by atoms with Crippen molar-refractivity contribution >= 4 is 11.5 Å². The molecule has 0 saturated carbocycles. The van der Waals surface area contributed by atoms with Gasteiger partial charge < -0.3 is 9.64 Å². The second-order valence-electron chi connectivity index (χ2n) is 3.98. The first-order valence-corrected chi connectivity index (χ1v) is 5.26. The predicted molar refractivity (Wildman–Crippen MR) is 62.8 cm³/mol. The van der Waals surface area contributed by atoms with Gasteiger partial charge in [-0.25, -0.2) is 4.98 Å². The summed E-state index contributed by atoms with van der Waals surface area (Å²) in [5, 5.41) is 10.5. The van der Waals surface area contributed by atoms with Crippen molar-refractivity contribution in [1.29, 1.82) is 0 Å². The molecule has 0 aliphatic carbocycles. The minimum Gasteiger partial charge on any atom is -0.492 e. The summed E-state index contributed by atoms with van der Waals surface area (Å²) >= 11 is 0. The maximum absolute atomic E-state index is 10.5. The van der Waals surface area contributed by atoms with E-state index < -0.39 is 4.92 Å². The van der Waals surface area contributed by atoms with Crippen molar-refractivity contribution in [2.75, 3.05) is 18.0 Å². The van der Waals surface area contributed by atoms with Gasteiger partial charge in [0.1, 0.15) is 23.9 Å². The summed E-state index contributed by atoms with van der Waals surface area (Å²) in [6.45, 7) is 7.00. The zero-order chi connectivity index (χ0) is 12.4. The number of hydrogen-bond acceptors (Lipinski definition) is 5. The summed E-state index contributed by atoms with van der Waals surface area (Å²) < 4.78 is 5.43. The van der Waals surface area contributed by atoms with Crippen LogP contribution in [0.4, 0.5) is 11.5 Å². The third kappa shape index (κ3) is 2.52. The highest BCUT2D eigenvalue weighted by molar-refractivity contribution is 5.44. The van der Waals surface area contributed by atoms with Gasteiger partial charge >= 0.3 is 0 Å². The molecule has 1 aromatic heterocycles. The number of morpholine rings is 1. The van der Waals surface area contributed by atoms with Crippen LogP contribution in [0.5, 0.6) is 0 Å². The second kappa shape index (κ2) is 4.40. The van der Waals surface area contributed by atoms with E-state index in [9.17, 15) is 10.1 Å². The Balaban J connectivity index is 2.16. The monoisotopic (exact) mass is 235 g/mol. The van der Waals surface area contributed by atoms with E-state index in [1.54, 1.807) is 6.07 Å². The van der Waals surface area contributed by atoms with Crippen LogP contribution < -0.4 is 4.90 Å². The highest BCUT2D eigenvalue weighted by Gasteiger charge is 2.21. The topological polar surface area (TPSA) is 68.5 Å². The second-order valence-corrected chi connectivity index (χ2v) is 3.98. The number of pyridine rings is 1. The summed E-state index contributed by atoms with van der Waals surface area (Å²) in [4.78, 5) is 16.1. The molecule has 6 heteroatoms. The van der Waals surface area contributed by atoms with Gasteiger partial charge in [0.25, 0.3) is 5.69 Å². The van der Waals surface area contributed by atoms with Gasteiger partial charge in [0.2, 0.25) is 0 Å². The van der Waals surface area contributed by atoms with Crippen LogP contribution in [0.2, 0.25) is 0 Å². The molecule has 0 N–H and O–H groups in total. The van der Waals surface area contributed by atoms with E-state index in [-0.39, 0.29) is 11.8 Å². The van der Waals surface area contributed by atoms with Gasteiger partial charge in [-0.3, -0.25) is 10.1 Å². The lowest BCUT2D eigenvalue weighted by Crippen LogP contribution is -2.40. The van der Waals surface area contributed by atoms with Crippen molar-refractivity contribution in [2.24, 2.45) is 0 Å². The average Bonchev–Trinajstić information content (AvgIpc) is 2.28. The lowest BCUT2D eigenvalue weighted by Gasteiger charge is -2.33. The fraction of sp³-hybridized carbons (Fsp3) is 0.364. The molecule has 17 heavy (non-hydrogen) atoms. The Morgan fingerprint density at radius 3 is 2.94 bits per heavy atom. The molecular formula is C11H13N3O3. The number of anilines is 1. The molecule has 0 amide bonds. The van der Waals surface area contributed by atoms with Crippen molar-refractivity contribution in [3.8, 4) is 0 Å². The minimum atomic E-state index is -0.461. The summed E-state index contributed by atoms with van der Waals surface area (Å²) in [5.74, 6) is 1.39. The SMILES string of the molecule is C=C1CN(c2ccc([N+](=O)[O-])cn2)C[C@H](C)O1. The summed E-state index contributed by atoms with van der Waals surface area (Å²) in [7, 11) is 0. The molecule has 1 aromatic rings. The molecule has 0 aromatic carbocycles. The van der Waals surface area contributed by atoms with Crippen LogP contribution in [-0.4, -0.2) is 29.1 Å². The summed E-state index contributed by atoms with van der Waals surface area (Å²) in [6.07, 6.45) is 1.31. The maximum atomic E-state index is 10.5. The van der Waals surface area contributed by atoms with Gasteiger partial charge in [-0.15, -0.1) is 0 Å². The van der Waals surface area contributed by atoms with E-state index >= 15 is 0 Å². The van der Waals surface area contributed by atoms with Gasteiger partial charge in [0, 0.05) is 6.07 Å². The number of ether oxygens (including phenoxy) is 1. The maximum Gasteiger partial charge on any atom is 0.287 e. The summed E-state index contributed by atoms with van der Waals surface area (Å²) in [6, 6.07) is 3.09. The van der Waals surface area contributed by atoms with Crippen LogP contribution in [0, 0.1) is 10.1 Å². The Morgan fingerprint density at radius 1 is 1.65 bits per heavy atom. The Bertz CT molecular complexity index is 444. The molecule has 1 fully saturated rings. The standard InChI is InChI=1S/C11H13N3O3/c1-8-6-13(7-9(2)17-8)11-4-3-10(5-12-11)14(15)16/h3-5,9H,1,6-7H2,2H3/t9-/m0/s1. The van der Waals surface area contributed by atoms with Crippen LogP contribution in [0.15, 0.2) is 30.7 Å². The molecule has 1 saturated heterocycles. The zero-order valence-corrected chi connectivity index (χ0v) is 9.50. The summed E-state index contributed by atoms with van der Waals surface area (Å²) in [5.41, 5.74) is -0.00566. The lowest BCUT2D eigenvalue weighted by atomic mass is 10.2. The van der Waals surface area contributed by atoms with Crippen molar-refractivity contribution in [3.05, 3.63) is 40.8 Å². The Hall–Kier alpha value is -2.11. The molecule has 1 aliphatic heterocycles. The van der Waals surface area contributed by atoms with Crippen molar-refractivity contribution in [3.63, 3.8) is 0 Å². The van der Waals surface area contributed by atoms with Crippen LogP contribution in [0.1, 0.15) is 6.92 Å². The number of rotatable bonds is 2. The number of aromatic nitrogens is 1. The van der Waals surface area contributed by atoms with Gasteiger partial charge in [-0.2, -0.15) is 0 Å². The predicted octanol–water partition coefficient (Wildman–Crippen LogP) is 1.73. The quantitative estimate of drug-likeness (QED) is 0.576. The molecule has 6 nitrogen and oxygen atoms in total. The molecule has 90 valence electrons. The molecule has 1 aliphatic rings. The van der Waals surface area contributed by atoms with E-state index in [0.717, 1.165) is 0 Å².